The number of Topliss-reactive ketones (excluding diaryl/α,β-unsaturated/α-hetero) is 1. The molecule has 1 heterocycles. The summed E-state index contributed by atoms with van der Waals surface area (Å²) in [6, 6.07) is 0. The Morgan fingerprint density at radius 1 is 1.24 bits per heavy atom. The maximum atomic E-state index is 14.1. The van der Waals surface area contributed by atoms with Crippen molar-refractivity contribution in [2.45, 2.75) is 104 Å². The van der Waals surface area contributed by atoms with Gasteiger partial charge in [0.05, 0.1) is 18.1 Å². The molecule has 4 aliphatic carbocycles. The molecule has 1 aliphatic heterocycles. The monoisotopic (exact) mass is 531 g/mol. The number of hydrogen-bond donors (Lipinski definition) is 2. The van der Waals surface area contributed by atoms with Gasteiger partial charge in [0.1, 0.15) is 0 Å². The zero-order valence-electron chi connectivity index (χ0n) is 23.7. The highest BCUT2D eigenvalue weighted by Crippen LogP contribution is 2.74. The van der Waals surface area contributed by atoms with Crippen molar-refractivity contribution < 1.29 is 33.7 Å². The van der Waals surface area contributed by atoms with Gasteiger partial charge in [-0.25, -0.2) is 0 Å². The number of rotatable bonds is 6. The van der Waals surface area contributed by atoms with Crippen molar-refractivity contribution in [1.82, 2.24) is 0 Å². The maximum absolute atomic E-state index is 14.1. The van der Waals surface area contributed by atoms with Crippen LogP contribution < -0.4 is 5.73 Å². The summed E-state index contributed by atoms with van der Waals surface area (Å²) >= 11 is 0. The Labute approximate surface area is 226 Å². The van der Waals surface area contributed by atoms with Crippen molar-refractivity contribution in [1.29, 1.82) is 0 Å². The smallest absolute Gasteiger partial charge is 0.308 e. The minimum Gasteiger partial charge on any atom is -0.457 e. The van der Waals surface area contributed by atoms with E-state index in [0.29, 0.717) is 25.8 Å². The van der Waals surface area contributed by atoms with Crippen LogP contribution in [0.15, 0.2) is 11.6 Å². The largest absolute Gasteiger partial charge is 0.457 e. The Bertz CT molecular complexity index is 1060. The van der Waals surface area contributed by atoms with Gasteiger partial charge in [-0.15, -0.1) is 0 Å². The molecule has 0 bridgehead atoms. The van der Waals surface area contributed by atoms with Gasteiger partial charge >= 0.3 is 5.97 Å². The average molecular weight is 532 g/mol. The first-order valence-electron chi connectivity index (χ1n) is 14.4. The highest BCUT2D eigenvalue weighted by atomic mass is 16.7. The van der Waals surface area contributed by atoms with E-state index < -0.39 is 35.5 Å². The summed E-state index contributed by atoms with van der Waals surface area (Å²) in [5, 5.41) is 12.0. The Kier molecular flexibility index (Phi) is 6.78. The van der Waals surface area contributed by atoms with Crippen LogP contribution in [0.25, 0.3) is 0 Å². The normalized spacial score (nSPS) is 47.6. The quantitative estimate of drug-likeness (QED) is 0.500. The SMILES string of the molecule is CC(C)C(=O)OCC(=O)[C@@]12OC(CCN)O[C@@H]1C[C@H]1[C@]3(C)CCC4=CC(=O)C(C)C[C@]4(C)[C@H]3[C@@H](O)C[C@@]12C. The van der Waals surface area contributed by atoms with Gasteiger partial charge < -0.3 is 25.1 Å². The van der Waals surface area contributed by atoms with E-state index in [1.807, 2.05) is 13.0 Å². The van der Waals surface area contributed by atoms with E-state index in [9.17, 15) is 19.5 Å². The minimum atomic E-state index is -1.32. The van der Waals surface area contributed by atoms with Gasteiger partial charge in [-0.3, -0.25) is 14.4 Å². The van der Waals surface area contributed by atoms with Crippen molar-refractivity contribution in [2.75, 3.05) is 13.2 Å². The third-order valence-corrected chi connectivity index (χ3v) is 11.2. The van der Waals surface area contributed by atoms with E-state index in [2.05, 4.69) is 20.8 Å². The first-order chi connectivity index (χ1) is 17.7. The van der Waals surface area contributed by atoms with Crippen molar-refractivity contribution in [3.8, 4) is 0 Å². The topological polar surface area (TPSA) is 125 Å². The third kappa shape index (κ3) is 3.66. The Morgan fingerprint density at radius 2 is 1.95 bits per heavy atom. The van der Waals surface area contributed by atoms with Crippen molar-refractivity contribution in [3.05, 3.63) is 11.6 Å². The summed E-state index contributed by atoms with van der Waals surface area (Å²) in [4.78, 5) is 38.9. The van der Waals surface area contributed by atoms with Gasteiger partial charge in [0, 0.05) is 17.8 Å². The van der Waals surface area contributed by atoms with Crippen LogP contribution in [0.5, 0.6) is 0 Å². The summed E-state index contributed by atoms with van der Waals surface area (Å²) in [6.45, 7) is 12.0. The Hall–Kier alpha value is -1.61. The lowest BCUT2D eigenvalue weighted by molar-refractivity contribution is -0.226. The van der Waals surface area contributed by atoms with Crippen LogP contribution in [0.3, 0.4) is 0 Å². The highest BCUT2D eigenvalue weighted by Gasteiger charge is 2.78. The molecule has 8 nitrogen and oxygen atoms in total. The lowest BCUT2D eigenvalue weighted by Gasteiger charge is -2.66. The molecule has 0 aromatic heterocycles. The van der Waals surface area contributed by atoms with Crippen molar-refractivity contribution >= 4 is 17.5 Å². The number of esters is 1. The number of ether oxygens (including phenoxy) is 3. The van der Waals surface area contributed by atoms with Gasteiger partial charge in [0.25, 0.3) is 0 Å². The molecule has 0 amide bonds. The molecule has 10 atom stereocenters. The lowest BCUT2D eigenvalue weighted by Crippen LogP contribution is -2.67. The first kappa shape index (κ1) is 27.9. The van der Waals surface area contributed by atoms with Crippen LogP contribution >= 0.6 is 0 Å². The Morgan fingerprint density at radius 3 is 2.61 bits per heavy atom. The van der Waals surface area contributed by atoms with Crippen LogP contribution in [0.2, 0.25) is 0 Å². The number of hydrogen-bond acceptors (Lipinski definition) is 8. The first-order valence-corrected chi connectivity index (χ1v) is 14.4. The van der Waals surface area contributed by atoms with Gasteiger partial charge in [0.2, 0.25) is 5.78 Å². The molecule has 4 fully saturated rings. The van der Waals surface area contributed by atoms with E-state index in [4.69, 9.17) is 19.9 Å². The number of ketones is 2. The van der Waals surface area contributed by atoms with Gasteiger partial charge in [-0.2, -0.15) is 0 Å². The second-order valence-electron chi connectivity index (χ2n) is 13.7. The third-order valence-electron chi connectivity index (χ3n) is 11.2. The Balaban J connectivity index is 1.55. The molecule has 5 aliphatic rings. The molecule has 0 radical (unpaired) electrons. The van der Waals surface area contributed by atoms with E-state index in [-0.39, 0.29) is 52.7 Å². The van der Waals surface area contributed by atoms with Gasteiger partial charge in [-0.05, 0) is 67.4 Å². The van der Waals surface area contributed by atoms with E-state index in [1.54, 1.807) is 13.8 Å². The summed E-state index contributed by atoms with van der Waals surface area (Å²) < 4.78 is 18.4. The minimum absolute atomic E-state index is 0.0447. The summed E-state index contributed by atoms with van der Waals surface area (Å²) in [7, 11) is 0. The number of carbonyl (C=O) groups is 3. The number of aliphatic hydroxyl groups is 1. The predicted octanol–water partition coefficient (Wildman–Crippen LogP) is 3.33. The van der Waals surface area contributed by atoms with Crippen molar-refractivity contribution in [3.63, 3.8) is 0 Å². The number of allylic oxidation sites excluding steroid dienone is 1. The predicted molar refractivity (Wildman–Crippen MR) is 140 cm³/mol. The lowest BCUT2D eigenvalue weighted by atomic mass is 9.39. The van der Waals surface area contributed by atoms with E-state index in [1.165, 1.54) is 0 Å². The molecule has 0 aromatic carbocycles. The molecular weight excluding hydrogens is 486 g/mol. The number of aliphatic hydroxyl groups excluding tert-OH is 1. The second kappa shape index (κ2) is 9.22. The highest BCUT2D eigenvalue weighted by molar-refractivity contribution is 5.94. The molecule has 212 valence electrons. The van der Waals surface area contributed by atoms with Crippen molar-refractivity contribution in [2.24, 2.45) is 45.7 Å². The molecule has 3 saturated carbocycles. The fourth-order valence-corrected chi connectivity index (χ4v) is 9.70. The maximum Gasteiger partial charge on any atom is 0.308 e. The second-order valence-corrected chi connectivity index (χ2v) is 13.7. The fraction of sp³-hybridized carbons (Fsp3) is 0.833. The molecule has 1 saturated heterocycles. The standard InChI is InChI=1S/C30H45NO7/c1-16(2)26(35)36-15-22(34)30-23(37-24(38-30)8-10-31)12-21-27(4)9-7-18-11-19(32)17(3)13-28(18,5)25(27)20(33)14-29(21,30)6/h11,16-17,20-21,23-25,33H,7-10,12-15,31H2,1-6H3/t17?,20-,21-,23+,24?,25-,27-,28-,29-,30+/m0/s1. The van der Waals surface area contributed by atoms with Crippen LogP contribution in [-0.4, -0.2) is 59.9 Å². The molecule has 0 spiro atoms. The molecule has 5 rings (SSSR count). The summed E-state index contributed by atoms with van der Waals surface area (Å²) in [5.41, 5.74) is 4.36. The van der Waals surface area contributed by atoms with E-state index in [0.717, 1.165) is 24.8 Å². The molecule has 0 aromatic rings. The van der Waals surface area contributed by atoms with Gasteiger partial charge in [0.15, 0.2) is 24.3 Å². The van der Waals surface area contributed by atoms with Crippen LogP contribution in [0, 0.1) is 39.9 Å². The molecule has 3 N–H and O–H groups in total. The molecular formula is C30H45NO7. The molecule has 38 heavy (non-hydrogen) atoms. The fourth-order valence-electron chi connectivity index (χ4n) is 9.70. The summed E-state index contributed by atoms with van der Waals surface area (Å²) in [5.74, 6) is -0.979. The zero-order chi connectivity index (χ0) is 27.8. The van der Waals surface area contributed by atoms with Crippen LogP contribution in [0.1, 0.15) is 80.1 Å². The number of fused-ring (bicyclic) bond motifs is 7. The van der Waals surface area contributed by atoms with E-state index >= 15 is 0 Å². The summed E-state index contributed by atoms with van der Waals surface area (Å²) in [6.07, 6.45) is 3.86. The number of carbonyl (C=O) groups excluding carboxylic acids is 3. The molecule has 8 heteroatoms. The van der Waals surface area contributed by atoms with Crippen LogP contribution in [-0.2, 0) is 28.6 Å². The van der Waals surface area contributed by atoms with Crippen LogP contribution in [0.4, 0.5) is 0 Å². The zero-order valence-corrected chi connectivity index (χ0v) is 23.7. The number of nitrogens with two attached hydrogens (primary N) is 1. The molecule has 2 unspecified atom stereocenters. The average Bonchev–Trinajstić information content (AvgIpc) is 3.31. The van der Waals surface area contributed by atoms with Gasteiger partial charge in [-0.1, -0.05) is 47.1 Å².